The van der Waals surface area contributed by atoms with Crippen LogP contribution in [0.5, 0.6) is 0 Å². The third kappa shape index (κ3) is 3.60. The number of amides is 3. The summed E-state index contributed by atoms with van der Waals surface area (Å²) in [6.45, 7) is 5.49. The number of carbonyl (C=O) groups is 3. The summed E-state index contributed by atoms with van der Waals surface area (Å²) in [5, 5.41) is 3.53. The number of benzene rings is 2. The van der Waals surface area contributed by atoms with Crippen molar-refractivity contribution in [3.8, 4) is 0 Å². The maximum atomic E-state index is 13.0. The lowest BCUT2D eigenvalue weighted by atomic mass is 10.00. The molecule has 0 fully saturated rings. The van der Waals surface area contributed by atoms with Crippen LogP contribution in [-0.4, -0.2) is 28.7 Å². The van der Waals surface area contributed by atoms with Crippen LogP contribution in [0.1, 0.15) is 53.1 Å². The van der Waals surface area contributed by atoms with E-state index in [9.17, 15) is 14.4 Å². The zero-order chi connectivity index (χ0) is 19.7. The summed E-state index contributed by atoms with van der Waals surface area (Å²) in [5.74, 6) is -1.45. The second-order valence-electron chi connectivity index (χ2n) is 7.00. The lowest BCUT2D eigenvalue weighted by Crippen LogP contribution is -2.52. The van der Waals surface area contributed by atoms with Gasteiger partial charge in [-0.15, -0.1) is 0 Å². The Labute approximate surface area is 163 Å². The van der Waals surface area contributed by atoms with E-state index in [0.717, 1.165) is 10.5 Å². The van der Waals surface area contributed by atoms with Crippen molar-refractivity contribution in [1.29, 1.82) is 0 Å². The van der Waals surface area contributed by atoms with Crippen molar-refractivity contribution in [2.75, 3.05) is 0 Å². The first-order valence-corrected chi connectivity index (χ1v) is 9.21. The zero-order valence-electron chi connectivity index (χ0n) is 15.4. The minimum atomic E-state index is -0.882. The molecule has 2 aromatic rings. The normalized spacial score (nSPS) is 15.7. The Balaban J connectivity index is 1.84. The van der Waals surface area contributed by atoms with Gasteiger partial charge in [0.2, 0.25) is 5.91 Å². The molecule has 2 unspecified atom stereocenters. The molecule has 0 saturated heterocycles. The van der Waals surface area contributed by atoms with Crippen LogP contribution in [0.15, 0.2) is 48.5 Å². The summed E-state index contributed by atoms with van der Waals surface area (Å²) in [7, 11) is 0. The van der Waals surface area contributed by atoms with Crippen LogP contribution in [0, 0.1) is 5.92 Å². The maximum absolute atomic E-state index is 13.0. The summed E-state index contributed by atoms with van der Waals surface area (Å²) in [5.41, 5.74) is 1.57. The van der Waals surface area contributed by atoms with Crippen molar-refractivity contribution in [3.05, 3.63) is 70.2 Å². The van der Waals surface area contributed by atoms with Crippen LogP contribution in [0.4, 0.5) is 0 Å². The minimum Gasteiger partial charge on any atom is -0.348 e. The van der Waals surface area contributed by atoms with E-state index in [0.29, 0.717) is 16.1 Å². The predicted octanol–water partition coefficient (Wildman–Crippen LogP) is 3.84. The van der Waals surface area contributed by atoms with E-state index in [2.05, 4.69) is 5.32 Å². The van der Waals surface area contributed by atoms with Crippen molar-refractivity contribution in [2.24, 2.45) is 5.92 Å². The number of imide groups is 1. The largest absolute Gasteiger partial charge is 0.348 e. The van der Waals surface area contributed by atoms with Gasteiger partial charge in [0.05, 0.1) is 17.2 Å². The molecule has 3 amide bonds. The van der Waals surface area contributed by atoms with E-state index in [1.807, 2.05) is 32.9 Å². The van der Waals surface area contributed by atoms with Gasteiger partial charge in [0.15, 0.2) is 0 Å². The molecule has 0 saturated carbocycles. The van der Waals surface area contributed by atoms with Crippen molar-refractivity contribution in [2.45, 2.75) is 32.9 Å². The summed E-state index contributed by atoms with van der Waals surface area (Å²) in [4.78, 5) is 39.6. The summed E-state index contributed by atoms with van der Waals surface area (Å²) in [6.07, 6.45) is 0. The molecule has 1 heterocycles. The smallest absolute Gasteiger partial charge is 0.262 e. The van der Waals surface area contributed by atoms with Crippen LogP contribution in [0.2, 0.25) is 5.02 Å². The Morgan fingerprint density at radius 3 is 1.93 bits per heavy atom. The van der Waals surface area contributed by atoms with Gasteiger partial charge in [0.1, 0.15) is 6.04 Å². The SMILES string of the molecule is CC(NC(=O)C(C(C)C)N1C(=O)c2ccccc2C1=O)c1ccc(Cl)cc1. The second kappa shape index (κ2) is 7.53. The number of hydrogen-bond donors (Lipinski definition) is 1. The highest BCUT2D eigenvalue weighted by Crippen LogP contribution is 2.27. The molecular formula is C21H21ClN2O3. The fourth-order valence-electron chi connectivity index (χ4n) is 3.31. The van der Waals surface area contributed by atoms with Gasteiger partial charge in [0, 0.05) is 5.02 Å². The molecule has 140 valence electrons. The van der Waals surface area contributed by atoms with Gasteiger partial charge in [-0.1, -0.05) is 49.7 Å². The Kier molecular flexibility index (Phi) is 5.33. The van der Waals surface area contributed by atoms with E-state index in [-0.39, 0.29) is 17.9 Å². The number of hydrogen-bond acceptors (Lipinski definition) is 3. The lowest BCUT2D eigenvalue weighted by Gasteiger charge is -2.29. The van der Waals surface area contributed by atoms with Crippen LogP contribution in [0.25, 0.3) is 0 Å². The van der Waals surface area contributed by atoms with E-state index < -0.39 is 17.9 Å². The third-order valence-corrected chi connectivity index (χ3v) is 4.98. The van der Waals surface area contributed by atoms with E-state index in [4.69, 9.17) is 11.6 Å². The molecule has 1 aliphatic heterocycles. The molecule has 5 nitrogen and oxygen atoms in total. The Bertz CT molecular complexity index is 858. The predicted molar refractivity (Wildman–Crippen MR) is 104 cm³/mol. The van der Waals surface area contributed by atoms with Crippen LogP contribution < -0.4 is 5.32 Å². The first-order chi connectivity index (χ1) is 12.8. The average Bonchev–Trinajstić information content (AvgIpc) is 2.88. The van der Waals surface area contributed by atoms with Crippen molar-refractivity contribution in [1.82, 2.24) is 10.2 Å². The molecule has 6 heteroatoms. The number of fused-ring (bicyclic) bond motifs is 1. The van der Waals surface area contributed by atoms with E-state index in [1.165, 1.54) is 0 Å². The highest BCUT2D eigenvalue weighted by Gasteiger charge is 2.44. The monoisotopic (exact) mass is 384 g/mol. The number of nitrogens with zero attached hydrogens (tertiary/aromatic N) is 1. The van der Waals surface area contributed by atoms with Gasteiger partial charge in [-0.3, -0.25) is 19.3 Å². The highest BCUT2D eigenvalue weighted by atomic mass is 35.5. The van der Waals surface area contributed by atoms with Crippen LogP contribution in [0.3, 0.4) is 0 Å². The first kappa shape index (κ1) is 19.1. The molecule has 27 heavy (non-hydrogen) atoms. The minimum absolute atomic E-state index is 0.232. The van der Waals surface area contributed by atoms with Gasteiger partial charge in [-0.25, -0.2) is 0 Å². The van der Waals surface area contributed by atoms with Gasteiger partial charge in [0.25, 0.3) is 11.8 Å². The van der Waals surface area contributed by atoms with Crippen LogP contribution in [-0.2, 0) is 4.79 Å². The van der Waals surface area contributed by atoms with Gasteiger partial charge < -0.3 is 5.32 Å². The molecule has 2 aromatic carbocycles. The fraction of sp³-hybridized carbons (Fsp3) is 0.286. The topological polar surface area (TPSA) is 66.5 Å². The zero-order valence-corrected chi connectivity index (χ0v) is 16.2. The summed E-state index contributed by atoms with van der Waals surface area (Å²) < 4.78 is 0. The second-order valence-corrected chi connectivity index (χ2v) is 7.43. The van der Waals surface area contributed by atoms with E-state index >= 15 is 0 Å². The third-order valence-electron chi connectivity index (χ3n) is 4.73. The van der Waals surface area contributed by atoms with Gasteiger partial charge in [-0.05, 0) is 42.7 Å². The number of nitrogens with one attached hydrogen (secondary N) is 1. The van der Waals surface area contributed by atoms with Crippen molar-refractivity contribution < 1.29 is 14.4 Å². The van der Waals surface area contributed by atoms with Gasteiger partial charge >= 0.3 is 0 Å². The van der Waals surface area contributed by atoms with Crippen molar-refractivity contribution >= 4 is 29.3 Å². The molecule has 1 aliphatic rings. The van der Waals surface area contributed by atoms with Crippen molar-refractivity contribution in [3.63, 3.8) is 0 Å². The maximum Gasteiger partial charge on any atom is 0.262 e. The number of rotatable bonds is 5. The van der Waals surface area contributed by atoms with Gasteiger partial charge in [-0.2, -0.15) is 0 Å². The fourth-order valence-corrected chi connectivity index (χ4v) is 3.44. The molecule has 2 atom stereocenters. The molecule has 0 spiro atoms. The Hall–Kier alpha value is -2.66. The number of halogens is 1. The molecule has 0 bridgehead atoms. The average molecular weight is 385 g/mol. The molecular weight excluding hydrogens is 364 g/mol. The summed E-state index contributed by atoms with van der Waals surface area (Å²) >= 11 is 5.91. The first-order valence-electron chi connectivity index (χ1n) is 8.84. The quantitative estimate of drug-likeness (QED) is 0.796. The Morgan fingerprint density at radius 2 is 1.44 bits per heavy atom. The highest BCUT2D eigenvalue weighted by molar-refractivity contribution is 6.30. The molecule has 0 aromatic heterocycles. The summed E-state index contributed by atoms with van der Waals surface area (Å²) in [6, 6.07) is 12.6. The molecule has 3 rings (SSSR count). The lowest BCUT2D eigenvalue weighted by molar-refractivity contribution is -0.127. The number of carbonyl (C=O) groups excluding carboxylic acids is 3. The van der Waals surface area contributed by atoms with Crippen LogP contribution >= 0.6 is 11.6 Å². The standard InChI is InChI=1S/C21H21ClN2O3/c1-12(2)18(19(25)23-13(3)14-8-10-15(22)11-9-14)24-20(26)16-6-4-5-7-17(16)21(24)27/h4-13,18H,1-3H3,(H,23,25). The molecule has 0 radical (unpaired) electrons. The van der Waals surface area contributed by atoms with E-state index in [1.54, 1.807) is 36.4 Å². The Morgan fingerprint density at radius 1 is 0.926 bits per heavy atom. The molecule has 0 aliphatic carbocycles. The molecule has 1 N–H and O–H groups in total.